The zero-order chi connectivity index (χ0) is 18.9. The first-order valence-corrected chi connectivity index (χ1v) is 9.50. The molecular weight excluding hydrogens is 336 g/mol. The van der Waals surface area contributed by atoms with Crippen molar-refractivity contribution < 1.29 is 4.74 Å². The molecule has 0 spiro atoms. The van der Waals surface area contributed by atoms with E-state index in [0.717, 1.165) is 44.2 Å². The van der Waals surface area contributed by atoms with E-state index in [1.165, 1.54) is 22.0 Å². The Balaban J connectivity index is 1.53. The fourth-order valence-corrected chi connectivity index (χ4v) is 3.12. The number of rotatable bonds is 8. The third-order valence-electron chi connectivity index (χ3n) is 4.51. The Bertz CT molecular complexity index is 885. The van der Waals surface area contributed by atoms with E-state index in [0.29, 0.717) is 0 Å². The summed E-state index contributed by atoms with van der Waals surface area (Å²) >= 11 is 0. The van der Waals surface area contributed by atoms with Crippen LogP contribution in [0.5, 0.6) is 5.75 Å². The average Bonchev–Trinajstić information content (AvgIpc) is 3.11. The SMILES string of the molecule is CCNC(=NCCc1c[nH]c2ccccc12)NCCc1cccc(OC)c1. The van der Waals surface area contributed by atoms with Crippen LogP contribution >= 0.6 is 0 Å². The minimum absolute atomic E-state index is 0.746. The number of H-pyrrole nitrogens is 1. The minimum Gasteiger partial charge on any atom is -0.497 e. The summed E-state index contributed by atoms with van der Waals surface area (Å²) in [5.74, 6) is 1.76. The Kier molecular flexibility index (Phi) is 6.74. The van der Waals surface area contributed by atoms with Crippen LogP contribution in [0.15, 0.2) is 59.7 Å². The molecule has 0 saturated heterocycles. The van der Waals surface area contributed by atoms with Gasteiger partial charge in [0.2, 0.25) is 0 Å². The zero-order valence-electron chi connectivity index (χ0n) is 16.1. The number of aliphatic imine (C=N–C) groups is 1. The number of fused-ring (bicyclic) bond motifs is 1. The lowest BCUT2D eigenvalue weighted by Gasteiger charge is -2.11. The van der Waals surface area contributed by atoms with Crippen LogP contribution in [-0.4, -0.2) is 37.7 Å². The van der Waals surface area contributed by atoms with Gasteiger partial charge in [-0.2, -0.15) is 0 Å². The molecule has 0 aliphatic carbocycles. The molecule has 0 aliphatic rings. The number of aromatic nitrogens is 1. The van der Waals surface area contributed by atoms with Gasteiger partial charge in [0.25, 0.3) is 0 Å². The number of nitrogens with zero attached hydrogens (tertiary/aromatic N) is 1. The van der Waals surface area contributed by atoms with Crippen LogP contribution in [0.25, 0.3) is 10.9 Å². The van der Waals surface area contributed by atoms with Crippen LogP contribution in [0.3, 0.4) is 0 Å². The van der Waals surface area contributed by atoms with Crippen molar-refractivity contribution in [2.45, 2.75) is 19.8 Å². The summed E-state index contributed by atoms with van der Waals surface area (Å²) in [4.78, 5) is 8.04. The fourth-order valence-electron chi connectivity index (χ4n) is 3.12. The highest BCUT2D eigenvalue weighted by molar-refractivity contribution is 5.83. The van der Waals surface area contributed by atoms with E-state index in [9.17, 15) is 0 Å². The van der Waals surface area contributed by atoms with Crippen LogP contribution in [-0.2, 0) is 12.8 Å². The zero-order valence-corrected chi connectivity index (χ0v) is 16.1. The van der Waals surface area contributed by atoms with Crippen LogP contribution in [0.1, 0.15) is 18.1 Å². The molecule has 0 radical (unpaired) electrons. The third kappa shape index (κ3) is 5.26. The molecule has 0 saturated carbocycles. The van der Waals surface area contributed by atoms with Gasteiger partial charge in [-0.05, 0) is 49.1 Å². The lowest BCUT2D eigenvalue weighted by molar-refractivity contribution is 0.414. The van der Waals surface area contributed by atoms with Gasteiger partial charge in [-0.1, -0.05) is 30.3 Å². The van der Waals surface area contributed by atoms with Crippen LogP contribution in [0.2, 0.25) is 0 Å². The summed E-state index contributed by atoms with van der Waals surface area (Å²) in [6.45, 7) is 4.50. The van der Waals surface area contributed by atoms with Gasteiger partial charge in [-0.15, -0.1) is 0 Å². The third-order valence-corrected chi connectivity index (χ3v) is 4.51. The highest BCUT2D eigenvalue weighted by Crippen LogP contribution is 2.18. The van der Waals surface area contributed by atoms with Gasteiger partial charge in [-0.25, -0.2) is 0 Å². The van der Waals surface area contributed by atoms with Crippen molar-refractivity contribution in [1.82, 2.24) is 15.6 Å². The van der Waals surface area contributed by atoms with Crippen molar-refractivity contribution in [3.8, 4) is 5.75 Å². The molecule has 1 heterocycles. The molecule has 5 nitrogen and oxygen atoms in total. The number of guanidine groups is 1. The highest BCUT2D eigenvalue weighted by Gasteiger charge is 2.03. The lowest BCUT2D eigenvalue weighted by atomic mass is 10.1. The van der Waals surface area contributed by atoms with E-state index >= 15 is 0 Å². The predicted octanol–water partition coefficient (Wildman–Crippen LogP) is 3.52. The van der Waals surface area contributed by atoms with Crippen molar-refractivity contribution in [1.29, 1.82) is 0 Å². The molecule has 0 bridgehead atoms. The lowest BCUT2D eigenvalue weighted by Crippen LogP contribution is -2.38. The smallest absolute Gasteiger partial charge is 0.191 e. The molecule has 3 N–H and O–H groups in total. The van der Waals surface area contributed by atoms with E-state index in [1.807, 2.05) is 12.1 Å². The van der Waals surface area contributed by atoms with Crippen molar-refractivity contribution in [2.24, 2.45) is 4.99 Å². The summed E-state index contributed by atoms with van der Waals surface area (Å²) < 4.78 is 5.28. The maximum atomic E-state index is 5.28. The van der Waals surface area contributed by atoms with Crippen molar-refractivity contribution >= 4 is 16.9 Å². The average molecular weight is 364 g/mol. The minimum atomic E-state index is 0.746. The van der Waals surface area contributed by atoms with E-state index in [1.54, 1.807) is 7.11 Å². The molecule has 3 rings (SSSR count). The summed E-state index contributed by atoms with van der Waals surface area (Å²) in [5.41, 5.74) is 3.73. The quantitative estimate of drug-likeness (QED) is 0.423. The second-order valence-electron chi connectivity index (χ2n) is 6.40. The Morgan fingerprint density at radius 3 is 2.81 bits per heavy atom. The summed E-state index contributed by atoms with van der Waals surface area (Å²) in [5, 5.41) is 8.01. The molecule has 0 fully saturated rings. The molecule has 0 aliphatic heterocycles. The van der Waals surface area contributed by atoms with Crippen molar-refractivity contribution in [3.63, 3.8) is 0 Å². The van der Waals surface area contributed by atoms with E-state index < -0.39 is 0 Å². The van der Waals surface area contributed by atoms with Crippen LogP contribution in [0.4, 0.5) is 0 Å². The van der Waals surface area contributed by atoms with Crippen molar-refractivity contribution in [2.75, 3.05) is 26.7 Å². The molecular formula is C22H28N4O. The highest BCUT2D eigenvalue weighted by atomic mass is 16.5. The topological polar surface area (TPSA) is 61.4 Å². The number of para-hydroxylation sites is 1. The predicted molar refractivity (Wildman–Crippen MR) is 113 cm³/mol. The number of ether oxygens (including phenoxy) is 1. The maximum Gasteiger partial charge on any atom is 0.191 e. The molecule has 1 aromatic heterocycles. The second kappa shape index (κ2) is 9.67. The standard InChI is InChI=1S/C22H28N4O/c1-3-23-22(24-13-11-17-7-6-8-19(15-17)27-2)25-14-12-18-16-26-21-10-5-4-9-20(18)21/h4-10,15-16,26H,3,11-14H2,1-2H3,(H2,23,24,25). The Morgan fingerprint density at radius 2 is 1.96 bits per heavy atom. The molecule has 3 aromatic rings. The first-order chi connectivity index (χ1) is 13.3. The van der Waals surface area contributed by atoms with Crippen LogP contribution in [0, 0.1) is 0 Å². The fraction of sp³-hybridized carbons (Fsp3) is 0.318. The first kappa shape index (κ1) is 18.8. The monoisotopic (exact) mass is 364 g/mol. The van der Waals surface area contributed by atoms with E-state index in [2.05, 4.69) is 65.1 Å². The number of aromatic amines is 1. The van der Waals surface area contributed by atoms with Gasteiger partial charge in [0.15, 0.2) is 5.96 Å². The molecule has 2 aromatic carbocycles. The van der Waals surface area contributed by atoms with Gasteiger partial charge in [0.1, 0.15) is 5.75 Å². The van der Waals surface area contributed by atoms with Gasteiger partial charge in [-0.3, -0.25) is 4.99 Å². The molecule has 0 amide bonds. The normalized spacial score (nSPS) is 11.6. The number of hydrogen-bond acceptors (Lipinski definition) is 2. The van der Waals surface area contributed by atoms with Gasteiger partial charge in [0.05, 0.1) is 7.11 Å². The first-order valence-electron chi connectivity index (χ1n) is 9.50. The Morgan fingerprint density at radius 1 is 1.07 bits per heavy atom. The summed E-state index contributed by atoms with van der Waals surface area (Å²) in [6.07, 6.45) is 3.92. The maximum absolute atomic E-state index is 5.28. The Labute approximate surface area is 160 Å². The number of methoxy groups -OCH3 is 1. The van der Waals surface area contributed by atoms with Crippen molar-refractivity contribution in [3.05, 3.63) is 65.9 Å². The number of hydrogen-bond donors (Lipinski definition) is 3. The van der Waals surface area contributed by atoms with E-state index in [4.69, 9.17) is 9.73 Å². The summed E-state index contributed by atoms with van der Waals surface area (Å²) in [7, 11) is 1.70. The van der Waals surface area contributed by atoms with Gasteiger partial charge in [0, 0.05) is 36.7 Å². The number of nitrogens with one attached hydrogen (secondary N) is 3. The molecule has 0 atom stereocenters. The van der Waals surface area contributed by atoms with Gasteiger partial charge < -0.3 is 20.4 Å². The van der Waals surface area contributed by atoms with Crippen LogP contribution < -0.4 is 15.4 Å². The molecule has 5 heteroatoms. The number of benzene rings is 2. The molecule has 142 valence electrons. The molecule has 27 heavy (non-hydrogen) atoms. The van der Waals surface area contributed by atoms with E-state index in [-0.39, 0.29) is 0 Å². The Hall–Kier alpha value is -2.95. The van der Waals surface area contributed by atoms with Gasteiger partial charge >= 0.3 is 0 Å². The second-order valence-corrected chi connectivity index (χ2v) is 6.40. The molecule has 0 unspecified atom stereocenters. The summed E-state index contributed by atoms with van der Waals surface area (Å²) in [6, 6.07) is 16.6. The largest absolute Gasteiger partial charge is 0.497 e.